The molecule has 37 heavy (non-hydrogen) atoms. The van der Waals surface area contributed by atoms with E-state index in [4.69, 9.17) is 9.84 Å². The second-order valence-corrected chi connectivity index (χ2v) is 7.82. The molecule has 0 aliphatic heterocycles. The second-order valence-electron chi connectivity index (χ2n) is 7.82. The number of halogens is 2. The van der Waals surface area contributed by atoms with Crippen LogP contribution in [0.25, 0.3) is 10.8 Å². The standard InChI is InChI=1S/C15H14FNO4.C10H13FO.2C2H6/c1-15(2,14(20)21)17-13(19)10-7-11(16)8-5-3-4-6-9(8)12(10)18;1-2-3-8-12-10-7-5-4-6-9(10)11;2*1-2/h3-7,18H,1-2H3,(H,17,19)(H,20,21);4-7H,2-3,8H2,1H3;2*1-2H3. The fourth-order valence-corrected chi connectivity index (χ4v) is 2.78. The summed E-state index contributed by atoms with van der Waals surface area (Å²) in [4.78, 5) is 23.1. The molecule has 0 saturated heterocycles. The first-order valence-corrected chi connectivity index (χ1v) is 12.4. The summed E-state index contributed by atoms with van der Waals surface area (Å²) in [5, 5.41) is 21.7. The van der Waals surface area contributed by atoms with Crippen LogP contribution in [-0.2, 0) is 4.79 Å². The number of hydrogen-bond donors (Lipinski definition) is 3. The first-order chi connectivity index (χ1) is 17.6. The Labute approximate surface area is 218 Å². The monoisotopic (exact) mass is 519 g/mol. The Hall–Kier alpha value is -3.68. The molecule has 0 fully saturated rings. The van der Waals surface area contributed by atoms with Crippen LogP contribution in [0, 0.1) is 11.6 Å². The Kier molecular flexibility index (Phi) is 15.2. The van der Waals surface area contributed by atoms with E-state index >= 15 is 0 Å². The molecule has 3 aromatic rings. The third-order valence-corrected chi connectivity index (χ3v) is 4.76. The number of unbranched alkanes of at least 4 members (excludes halogenated alkanes) is 1. The van der Waals surface area contributed by atoms with Crippen LogP contribution >= 0.6 is 0 Å². The maximum Gasteiger partial charge on any atom is 0.328 e. The van der Waals surface area contributed by atoms with Crippen LogP contribution in [0.5, 0.6) is 11.5 Å². The van der Waals surface area contributed by atoms with Crippen molar-refractivity contribution < 1.29 is 33.3 Å². The SMILES string of the molecule is CC.CC.CC(C)(NC(=O)c1cc(F)c2ccccc2c1O)C(=O)O.CCCCOc1ccccc1F. The normalized spacial score (nSPS) is 9.97. The van der Waals surface area contributed by atoms with E-state index in [0.717, 1.165) is 18.9 Å². The first kappa shape index (κ1) is 33.3. The van der Waals surface area contributed by atoms with Crippen LogP contribution in [0.3, 0.4) is 0 Å². The van der Waals surface area contributed by atoms with Crippen LogP contribution in [0.4, 0.5) is 8.78 Å². The van der Waals surface area contributed by atoms with Crippen molar-refractivity contribution in [2.45, 2.75) is 66.8 Å². The lowest BCUT2D eigenvalue weighted by molar-refractivity contribution is -0.143. The van der Waals surface area contributed by atoms with Gasteiger partial charge in [0.05, 0.1) is 12.2 Å². The van der Waals surface area contributed by atoms with E-state index in [9.17, 15) is 23.5 Å². The number of carbonyl (C=O) groups excluding carboxylic acids is 1. The molecule has 3 aromatic carbocycles. The number of phenolic OH excluding ortho intramolecular Hbond substituents is 1. The van der Waals surface area contributed by atoms with E-state index in [2.05, 4.69) is 12.2 Å². The number of para-hydroxylation sites is 1. The van der Waals surface area contributed by atoms with Gasteiger partial charge in [0.2, 0.25) is 0 Å². The fraction of sp³-hybridized carbons (Fsp3) is 0.379. The van der Waals surface area contributed by atoms with Crippen LogP contribution in [0.15, 0.2) is 54.6 Å². The number of ether oxygens (including phenoxy) is 1. The van der Waals surface area contributed by atoms with Crippen LogP contribution < -0.4 is 10.1 Å². The number of carboxylic acids is 1. The van der Waals surface area contributed by atoms with Crippen LogP contribution in [-0.4, -0.2) is 34.2 Å². The number of amides is 1. The van der Waals surface area contributed by atoms with Gasteiger partial charge in [0, 0.05) is 10.8 Å². The average molecular weight is 520 g/mol. The fourth-order valence-electron chi connectivity index (χ4n) is 2.78. The summed E-state index contributed by atoms with van der Waals surface area (Å²) in [6, 6.07) is 13.5. The molecular formula is C29H39F2NO5. The Balaban J connectivity index is 0.000000688. The molecule has 0 radical (unpaired) electrons. The number of fused-ring (bicyclic) bond motifs is 1. The molecule has 0 unspecified atom stereocenters. The number of aromatic hydroxyl groups is 1. The second kappa shape index (κ2) is 16.9. The molecule has 8 heteroatoms. The van der Waals surface area contributed by atoms with Gasteiger partial charge in [-0.1, -0.05) is 77.4 Å². The van der Waals surface area contributed by atoms with Gasteiger partial charge in [-0.05, 0) is 38.5 Å². The summed E-state index contributed by atoms with van der Waals surface area (Å²) in [7, 11) is 0. The van der Waals surface area contributed by atoms with Gasteiger partial charge in [-0.15, -0.1) is 0 Å². The topological polar surface area (TPSA) is 95.9 Å². The van der Waals surface area contributed by atoms with Crippen molar-refractivity contribution >= 4 is 22.6 Å². The summed E-state index contributed by atoms with van der Waals surface area (Å²) in [5.74, 6) is -3.08. The Morgan fingerprint density at radius 3 is 2.00 bits per heavy atom. The van der Waals surface area contributed by atoms with E-state index < -0.39 is 23.2 Å². The van der Waals surface area contributed by atoms with E-state index in [1.165, 1.54) is 32.0 Å². The molecule has 204 valence electrons. The molecule has 6 nitrogen and oxygen atoms in total. The largest absolute Gasteiger partial charge is 0.506 e. The van der Waals surface area contributed by atoms with Gasteiger partial charge in [0.1, 0.15) is 17.1 Å². The zero-order valence-electron chi connectivity index (χ0n) is 22.7. The zero-order valence-corrected chi connectivity index (χ0v) is 22.7. The lowest BCUT2D eigenvalue weighted by Gasteiger charge is -2.21. The Morgan fingerprint density at radius 1 is 0.919 bits per heavy atom. The van der Waals surface area contributed by atoms with Crippen LogP contribution in [0.2, 0.25) is 0 Å². The summed E-state index contributed by atoms with van der Waals surface area (Å²) in [6.45, 7) is 13.3. The molecule has 0 bridgehead atoms. The molecule has 0 saturated carbocycles. The van der Waals surface area contributed by atoms with Gasteiger partial charge in [-0.25, -0.2) is 13.6 Å². The minimum atomic E-state index is -1.54. The molecule has 0 atom stereocenters. The van der Waals surface area contributed by atoms with Crippen molar-refractivity contribution in [1.82, 2.24) is 5.32 Å². The highest BCUT2D eigenvalue weighted by Gasteiger charge is 2.30. The van der Waals surface area contributed by atoms with Gasteiger partial charge in [0.25, 0.3) is 5.91 Å². The van der Waals surface area contributed by atoms with E-state index in [-0.39, 0.29) is 27.9 Å². The van der Waals surface area contributed by atoms with Crippen molar-refractivity contribution in [2.75, 3.05) is 6.61 Å². The molecule has 0 aliphatic carbocycles. The van der Waals surface area contributed by atoms with Gasteiger partial charge < -0.3 is 20.3 Å². The highest BCUT2D eigenvalue weighted by molar-refractivity contribution is 6.05. The predicted molar refractivity (Wildman–Crippen MR) is 144 cm³/mol. The van der Waals surface area contributed by atoms with Gasteiger partial charge in [-0.3, -0.25) is 4.79 Å². The summed E-state index contributed by atoms with van der Waals surface area (Å²) in [5.41, 5.74) is -1.84. The van der Waals surface area contributed by atoms with Crippen molar-refractivity contribution in [3.8, 4) is 11.5 Å². The van der Waals surface area contributed by atoms with Crippen molar-refractivity contribution in [3.05, 3.63) is 71.8 Å². The maximum atomic E-state index is 14.0. The average Bonchev–Trinajstić information content (AvgIpc) is 2.90. The number of hydrogen-bond acceptors (Lipinski definition) is 4. The highest BCUT2D eigenvalue weighted by atomic mass is 19.1. The Morgan fingerprint density at radius 2 is 1.46 bits per heavy atom. The maximum absolute atomic E-state index is 14.0. The quantitative estimate of drug-likeness (QED) is 0.284. The molecule has 0 heterocycles. The molecule has 0 aliphatic rings. The molecule has 0 aromatic heterocycles. The Bertz CT molecular complexity index is 1130. The number of nitrogens with one attached hydrogen (secondary N) is 1. The summed E-state index contributed by atoms with van der Waals surface area (Å²) < 4.78 is 32.1. The van der Waals surface area contributed by atoms with Gasteiger partial charge in [-0.2, -0.15) is 0 Å². The number of benzene rings is 3. The van der Waals surface area contributed by atoms with Gasteiger partial charge >= 0.3 is 5.97 Å². The van der Waals surface area contributed by atoms with Crippen molar-refractivity contribution in [1.29, 1.82) is 0 Å². The van der Waals surface area contributed by atoms with Gasteiger partial charge in [0.15, 0.2) is 11.6 Å². The minimum Gasteiger partial charge on any atom is -0.506 e. The minimum absolute atomic E-state index is 0.184. The molecule has 3 rings (SSSR count). The highest BCUT2D eigenvalue weighted by Crippen LogP contribution is 2.31. The third-order valence-electron chi connectivity index (χ3n) is 4.76. The van der Waals surface area contributed by atoms with E-state index in [1.807, 2.05) is 27.7 Å². The number of aliphatic carboxylic acids is 1. The summed E-state index contributed by atoms with van der Waals surface area (Å²) in [6.07, 6.45) is 2.03. The van der Waals surface area contributed by atoms with E-state index in [1.54, 1.807) is 30.3 Å². The smallest absolute Gasteiger partial charge is 0.328 e. The third kappa shape index (κ3) is 10.1. The number of rotatable bonds is 7. The lowest BCUT2D eigenvalue weighted by atomic mass is 10.0. The number of carbonyl (C=O) groups is 2. The van der Waals surface area contributed by atoms with E-state index in [0.29, 0.717) is 12.4 Å². The molecule has 1 amide bonds. The summed E-state index contributed by atoms with van der Waals surface area (Å²) >= 11 is 0. The molecule has 0 spiro atoms. The van der Waals surface area contributed by atoms with Crippen molar-refractivity contribution in [2.24, 2.45) is 0 Å². The number of carboxylic acid groups (broad SMARTS) is 1. The molecule has 3 N–H and O–H groups in total. The van der Waals surface area contributed by atoms with Crippen molar-refractivity contribution in [3.63, 3.8) is 0 Å². The molecular weight excluding hydrogens is 480 g/mol. The first-order valence-electron chi connectivity index (χ1n) is 12.4. The van der Waals surface area contributed by atoms with Crippen LogP contribution in [0.1, 0.15) is 71.7 Å². The zero-order chi connectivity index (χ0) is 28.6. The number of phenols is 1. The lowest BCUT2D eigenvalue weighted by Crippen LogP contribution is -2.49. The predicted octanol–water partition coefficient (Wildman–Crippen LogP) is 7.33.